The van der Waals surface area contributed by atoms with Gasteiger partial charge in [0, 0.05) is 37.7 Å². The molecule has 35 heavy (non-hydrogen) atoms. The molecule has 0 N–H and O–H groups in total. The topological polar surface area (TPSA) is 49.9 Å². The standard InChI is InChI=1S/C30H34N2O3/c1-2-19-32(27-17-20-31(21-18-27)30(34)25-13-7-4-8-14-25)29(33)23-35-28-16-10-9-15-26(28)22-24-11-5-3-6-12-24/h3-16,27H,2,17-23H2,1H3. The number of nitrogens with zero attached hydrogens (tertiary/aromatic N) is 2. The number of carbonyl (C=O) groups excluding carboxylic acids is 2. The number of rotatable bonds is 9. The summed E-state index contributed by atoms with van der Waals surface area (Å²) in [6.45, 7) is 4.13. The summed E-state index contributed by atoms with van der Waals surface area (Å²) in [6, 6.07) is 27.7. The molecule has 0 radical (unpaired) electrons. The highest BCUT2D eigenvalue weighted by Crippen LogP contribution is 2.23. The number of likely N-dealkylation sites (tertiary alicyclic amines) is 1. The zero-order valence-electron chi connectivity index (χ0n) is 20.4. The van der Waals surface area contributed by atoms with Crippen LogP contribution in [-0.2, 0) is 11.2 Å². The Morgan fingerprint density at radius 3 is 2.20 bits per heavy atom. The number of amides is 2. The SMILES string of the molecule is CCCN(C(=O)COc1ccccc1Cc1ccccc1)C1CCN(C(=O)c2ccccc2)CC1. The van der Waals surface area contributed by atoms with Gasteiger partial charge in [0.2, 0.25) is 0 Å². The Morgan fingerprint density at radius 1 is 0.886 bits per heavy atom. The molecular formula is C30H34N2O3. The minimum absolute atomic E-state index is 0.00852. The number of para-hydroxylation sites is 1. The van der Waals surface area contributed by atoms with E-state index in [0.29, 0.717) is 19.6 Å². The number of benzene rings is 3. The van der Waals surface area contributed by atoms with Crippen molar-refractivity contribution in [2.45, 2.75) is 38.6 Å². The van der Waals surface area contributed by atoms with E-state index in [4.69, 9.17) is 4.74 Å². The minimum Gasteiger partial charge on any atom is -0.483 e. The van der Waals surface area contributed by atoms with Gasteiger partial charge >= 0.3 is 0 Å². The van der Waals surface area contributed by atoms with Crippen molar-refractivity contribution < 1.29 is 14.3 Å². The van der Waals surface area contributed by atoms with E-state index in [1.54, 1.807) is 0 Å². The Bertz CT molecular complexity index is 1090. The van der Waals surface area contributed by atoms with Crippen LogP contribution in [0.15, 0.2) is 84.9 Å². The van der Waals surface area contributed by atoms with Gasteiger partial charge in [-0.15, -0.1) is 0 Å². The van der Waals surface area contributed by atoms with E-state index in [0.717, 1.165) is 42.6 Å². The van der Waals surface area contributed by atoms with Crippen molar-refractivity contribution in [3.8, 4) is 5.75 Å². The second-order valence-electron chi connectivity index (χ2n) is 9.04. The van der Waals surface area contributed by atoms with Crippen LogP contribution in [0.3, 0.4) is 0 Å². The summed E-state index contributed by atoms with van der Waals surface area (Å²) in [5.74, 6) is 0.828. The molecule has 1 saturated heterocycles. The normalized spacial score (nSPS) is 13.9. The summed E-state index contributed by atoms with van der Waals surface area (Å²) in [6.07, 6.45) is 3.22. The van der Waals surface area contributed by atoms with E-state index in [1.165, 1.54) is 5.56 Å². The van der Waals surface area contributed by atoms with Gasteiger partial charge in [-0.25, -0.2) is 0 Å². The molecule has 0 spiro atoms. The molecule has 0 atom stereocenters. The average molecular weight is 471 g/mol. The number of piperidine rings is 1. The zero-order chi connectivity index (χ0) is 24.5. The summed E-state index contributed by atoms with van der Waals surface area (Å²) in [4.78, 5) is 29.9. The molecule has 0 aliphatic carbocycles. The van der Waals surface area contributed by atoms with Crippen LogP contribution in [0.5, 0.6) is 5.75 Å². The molecule has 5 nitrogen and oxygen atoms in total. The van der Waals surface area contributed by atoms with Crippen LogP contribution >= 0.6 is 0 Å². The molecule has 5 heteroatoms. The van der Waals surface area contributed by atoms with E-state index in [1.807, 2.05) is 76.5 Å². The van der Waals surface area contributed by atoms with E-state index < -0.39 is 0 Å². The quantitative estimate of drug-likeness (QED) is 0.432. The van der Waals surface area contributed by atoms with Crippen LogP contribution < -0.4 is 4.74 Å². The van der Waals surface area contributed by atoms with Crippen molar-refractivity contribution in [1.82, 2.24) is 9.80 Å². The maximum Gasteiger partial charge on any atom is 0.260 e. The largest absolute Gasteiger partial charge is 0.483 e. The fourth-order valence-electron chi connectivity index (χ4n) is 4.72. The molecule has 3 aromatic carbocycles. The Morgan fingerprint density at radius 2 is 1.51 bits per heavy atom. The van der Waals surface area contributed by atoms with Crippen LogP contribution in [0.1, 0.15) is 47.7 Å². The minimum atomic E-state index is 0.00852. The van der Waals surface area contributed by atoms with Crippen molar-refractivity contribution in [2.24, 2.45) is 0 Å². The van der Waals surface area contributed by atoms with E-state index in [-0.39, 0.29) is 24.5 Å². The molecule has 1 aliphatic rings. The van der Waals surface area contributed by atoms with Crippen molar-refractivity contribution in [3.63, 3.8) is 0 Å². The second kappa shape index (κ2) is 12.2. The molecule has 4 rings (SSSR count). The number of ether oxygens (including phenoxy) is 1. The number of carbonyl (C=O) groups is 2. The lowest BCUT2D eigenvalue weighted by molar-refractivity contribution is -0.136. The third-order valence-corrected chi connectivity index (χ3v) is 6.56. The van der Waals surface area contributed by atoms with Gasteiger partial charge in [0.15, 0.2) is 6.61 Å². The van der Waals surface area contributed by atoms with Gasteiger partial charge < -0.3 is 14.5 Å². The summed E-state index contributed by atoms with van der Waals surface area (Å²) in [7, 11) is 0. The maximum absolute atomic E-state index is 13.2. The number of hydrogen-bond acceptors (Lipinski definition) is 3. The van der Waals surface area contributed by atoms with Crippen LogP contribution in [0.4, 0.5) is 0 Å². The molecule has 1 heterocycles. The van der Waals surface area contributed by atoms with E-state index >= 15 is 0 Å². The molecule has 1 aliphatic heterocycles. The molecule has 182 valence electrons. The first kappa shape index (κ1) is 24.5. The fourth-order valence-corrected chi connectivity index (χ4v) is 4.72. The van der Waals surface area contributed by atoms with Crippen LogP contribution in [-0.4, -0.2) is 53.9 Å². The van der Waals surface area contributed by atoms with Crippen molar-refractivity contribution in [2.75, 3.05) is 26.2 Å². The fraction of sp³-hybridized carbons (Fsp3) is 0.333. The lowest BCUT2D eigenvalue weighted by atomic mass is 10.0. The lowest BCUT2D eigenvalue weighted by Gasteiger charge is -2.38. The predicted molar refractivity (Wildman–Crippen MR) is 139 cm³/mol. The molecule has 2 amide bonds. The highest BCUT2D eigenvalue weighted by atomic mass is 16.5. The van der Waals surface area contributed by atoms with Crippen molar-refractivity contribution in [1.29, 1.82) is 0 Å². The Balaban J connectivity index is 1.35. The maximum atomic E-state index is 13.2. The lowest BCUT2D eigenvalue weighted by Crippen LogP contribution is -2.50. The summed E-state index contributed by atoms with van der Waals surface area (Å²) in [5.41, 5.74) is 3.00. The third kappa shape index (κ3) is 6.50. The smallest absolute Gasteiger partial charge is 0.260 e. The molecule has 0 aromatic heterocycles. The summed E-state index contributed by atoms with van der Waals surface area (Å²) < 4.78 is 6.05. The van der Waals surface area contributed by atoms with Gasteiger partial charge in [0.1, 0.15) is 5.75 Å². The van der Waals surface area contributed by atoms with Gasteiger partial charge in [0.05, 0.1) is 0 Å². The van der Waals surface area contributed by atoms with Crippen molar-refractivity contribution >= 4 is 11.8 Å². The van der Waals surface area contributed by atoms with Gasteiger partial charge in [-0.05, 0) is 48.6 Å². The zero-order valence-corrected chi connectivity index (χ0v) is 20.4. The van der Waals surface area contributed by atoms with Crippen LogP contribution in [0.25, 0.3) is 0 Å². The van der Waals surface area contributed by atoms with Gasteiger partial charge in [-0.1, -0.05) is 73.7 Å². The van der Waals surface area contributed by atoms with Crippen molar-refractivity contribution in [3.05, 3.63) is 102 Å². The predicted octanol–water partition coefficient (Wildman–Crippen LogP) is 5.20. The molecule has 0 bridgehead atoms. The Kier molecular flexibility index (Phi) is 8.55. The van der Waals surface area contributed by atoms with Gasteiger partial charge in [-0.3, -0.25) is 9.59 Å². The molecule has 0 saturated carbocycles. The molecule has 1 fully saturated rings. The average Bonchev–Trinajstić information content (AvgIpc) is 2.92. The third-order valence-electron chi connectivity index (χ3n) is 6.56. The Hall–Kier alpha value is -3.60. The van der Waals surface area contributed by atoms with Crippen LogP contribution in [0, 0.1) is 0 Å². The van der Waals surface area contributed by atoms with E-state index in [9.17, 15) is 9.59 Å². The first-order valence-corrected chi connectivity index (χ1v) is 12.5. The highest BCUT2D eigenvalue weighted by molar-refractivity contribution is 5.94. The van der Waals surface area contributed by atoms with Crippen LogP contribution in [0.2, 0.25) is 0 Å². The first-order chi connectivity index (χ1) is 17.2. The van der Waals surface area contributed by atoms with Gasteiger partial charge in [-0.2, -0.15) is 0 Å². The van der Waals surface area contributed by atoms with E-state index in [2.05, 4.69) is 25.1 Å². The molecule has 0 unspecified atom stereocenters. The highest BCUT2D eigenvalue weighted by Gasteiger charge is 2.29. The second-order valence-corrected chi connectivity index (χ2v) is 9.04. The first-order valence-electron chi connectivity index (χ1n) is 12.5. The Labute approximate surface area is 208 Å². The summed E-state index contributed by atoms with van der Waals surface area (Å²) >= 11 is 0. The molecular weight excluding hydrogens is 436 g/mol. The summed E-state index contributed by atoms with van der Waals surface area (Å²) in [5, 5.41) is 0. The molecule has 3 aromatic rings. The monoisotopic (exact) mass is 470 g/mol. The van der Waals surface area contributed by atoms with Gasteiger partial charge in [0.25, 0.3) is 11.8 Å². The number of hydrogen-bond donors (Lipinski definition) is 0.